The third-order valence-electron chi connectivity index (χ3n) is 3.93. The van der Waals surface area contributed by atoms with Crippen molar-refractivity contribution < 1.29 is 13.6 Å². The van der Waals surface area contributed by atoms with Gasteiger partial charge in [-0.1, -0.05) is 26.3 Å². The van der Waals surface area contributed by atoms with Gasteiger partial charge in [0.15, 0.2) is 23.0 Å². The summed E-state index contributed by atoms with van der Waals surface area (Å²) >= 11 is 0. The maximum Gasteiger partial charge on any atom is 0.284 e. The Kier molecular flexibility index (Phi) is 5.36. The van der Waals surface area contributed by atoms with E-state index in [-0.39, 0.29) is 28.6 Å². The van der Waals surface area contributed by atoms with Crippen molar-refractivity contribution in [2.24, 2.45) is 11.7 Å². The van der Waals surface area contributed by atoms with Crippen LogP contribution in [0.25, 0.3) is 11.0 Å². The van der Waals surface area contributed by atoms with E-state index in [9.17, 15) is 9.18 Å². The molecule has 0 aliphatic rings. The van der Waals surface area contributed by atoms with E-state index in [0.717, 1.165) is 12.8 Å². The molecule has 23 heavy (non-hydrogen) atoms. The fourth-order valence-electron chi connectivity index (χ4n) is 2.46. The number of furan rings is 1. The second-order valence-electron chi connectivity index (χ2n) is 5.79. The van der Waals surface area contributed by atoms with E-state index < -0.39 is 11.7 Å². The first-order chi connectivity index (χ1) is 11.0. The lowest BCUT2D eigenvalue weighted by molar-refractivity contribution is 0.0976. The van der Waals surface area contributed by atoms with E-state index in [1.165, 1.54) is 12.3 Å². The molecule has 124 valence electrons. The Bertz CT molecular complexity index is 711. The molecule has 5 nitrogen and oxygen atoms in total. The molecule has 0 saturated heterocycles. The SMILES string of the molecule is C=CCC(CC(C)CC)Nc1ncc2oc(C(N)=O)cc2c1F. The van der Waals surface area contributed by atoms with Crippen LogP contribution in [0, 0.1) is 11.7 Å². The van der Waals surface area contributed by atoms with E-state index in [1.54, 1.807) is 6.08 Å². The Balaban J connectivity index is 2.29. The Labute approximate surface area is 134 Å². The fraction of sp³-hybridized carbons (Fsp3) is 0.412. The number of primary amides is 1. The quantitative estimate of drug-likeness (QED) is 0.724. The number of aromatic nitrogens is 1. The van der Waals surface area contributed by atoms with Gasteiger partial charge in [0.05, 0.1) is 11.6 Å². The highest BCUT2D eigenvalue weighted by Crippen LogP contribution is 2.27. The molecule has 6 heteroatoms. The van der Waals surface area contributed by atoms with Crippen LogP contribution in [0.15, 0.2) is 29.3 Å². The second kappa shape index (κ2) is 7.26. The van der Waals surface area contributed by atoms with E-state index in [4.69, 9.17) is 10.2 Å². The number of pyridine rings is 1. The molecule has 0 aliphatic carbocycles. The van der Waals surface area contributed by atoms with Crippen LogP contribution in [0.2, 0.25) is 0 Å². The number of fused-ring (bicyclic) bond motifs is 1. The Morgan fingerprint density at radius 1 is 1.61 bits per heavy atom. The van der Waals surface area contributed by atoms with E-state index in [1.807, 2.05) is 0 Å². The van der Waals surface area contributed by atoms with Gasteiger partial charge in [-0.2, -0.15) is 0 Å². The normalized spacial score (nSPS) is 13.7. The lowest BCUT2D eigenvalue weighted by Gasteiger charge is -2.21. The van der Waals surface area contributed by atoms with Gasteiger partial charge in [0.25, 0.3) is 5.91 Å². The maximum absolute atomic E-state index is 14.6. The molecule has 2 unspecified atom stereocenters. The predicted molar refractivity (Wildman–Crippen MR) is 88.8 cm³/mol. The third kappa shape index (κ3) is 3.88. The van der Waals surface area contributed by atoms with Crippen molar-refractivity contribution >= 4 is 22.7 Å². The minimum atomic E-state index is -0.739. The molecular weight excluding hydrogens is 297 g/mol. The van der Waals surface area contributed by atoms with Crippen molar-refractivity contribution in [1.82, 2.24) is 4.98 Å². The average Bonchev–Trinajstić information content (AvgIpc) is 2.95. The molecule has 2 atom stereocenters. The van der Waals surface area contributed by atoms with Gasteiger partial charge in [-0.3, -0.25) is 4.79 Å². The number of hydrogen-bond acceptors (Lipinski definition) is 4. The summed E-state index contributed by atoms with van der Waals surface area (Å²) in [7, 11) is 0. The molecule has 2 aromatic heterocycles. The van der Waals surface area contributed by atoms with Crippen LogP contribution in [0.5, 0.6) is 0 Å². The molecule has 2 aromatic rings. The number of nitrogens with zero attached hydrogens (tertiary/aromatic N) is 1. The molecule has 0 spiro atoms. The monoisotopic (exact) mass is 319 g/mol. The minimum absolute atomic E-state index is 0.0458. The summed E-state index contributed by atoms with van der Waals surface area (Å²) in [6, 6.07) is 1.35. The highest BCUT2D eigenvalue weighted by Gasteiger charge is 2.18. The predicted octanol–water partition coefficient (Wildman–Crippen LogP) is 3.86. The maximum atomic E-state index is 14.6. The largest absolute Gasteiger partial charge is 0.449 e. The van der Waals surface area contributed by atoms with Gasteiger partial charge in [0.2, 0.25) is 0 Å². The first-order valence-electron chi connectivity index (χ1n) is 7.71. The van der Waals surface area contributed by atoms with Crippen LogP contribution < -0.4 is 11.1 Å². The van der Waals surface area contributed by atoms with Crippen LogP contribution >= 0.6 is 0 Å². The van der Waals surface area contributed by atoms with Gasteiger partial charge >= 0.3 is 0 Å². The third-order valence-corrected chi connectivity index (χ3v) is 3.93. The molecule has 0 bridgehead atoms. The van der Waals surface area contributed by atoms with Crippen molar-refractivity contribution in [3.8, 4) is 0 Å². The second-order valence-corrected chi connectivity index (χ2v) is 5.79. The molecular formula is C17H22FN3O2. The lowest BCUT2D eigenvalue weighted by Crippen LogP contribution is -2.22. The standard InChI is InChI=1S/C17H22FN3O2/c1-4-6-11(7-10(3)5-2)21-17-15(18)12-8-13(16(19)22)23-14(12)9-20-17/h4,8-11H,1,5-7H2,2-3H3,(H2,19,22)(H,20,21). The Morgan fingerprint density at radius 2 is 2.35 bits per heavy atom. The van der Waals surface area contributed by atoms with Crippen molar-refractivity contribution in [2.75, 3.05) is 5.32 Å². The lowest BCUT2D eigenvalue weighted by atomic mass is 9.97. The summed E-state index contributed by atoms with van der Waals surface area (Å²) in [5.74, 6) is -0.715. The number of carbonyl (C=O) groups is 1. The number of hydrogen-bond donors (Lipinski definition) is 2. The Morgan fingerprint density at radius 3 is 2.96 bits per heavy atom. The number of nitrogens with two attached hydrogens (primary N) is 1. The van der Waals surface area contributed by atoms with E-state index >= 15 is 0 Å². The molecule has 0 saturated carbocycles. The highest BCUT2D eigenvalue weighted by molar-refractivity contribution is 5.95. The zero-order valence-electron chi connectivity index (χ0n) is 13.4. The van der Waals surface area contributed by atoms with Gasteiger partial charge in [-0.25, -0.2) is 9.37 Å². The first-order valence-corrected chi connectivity index (χ1v) is 7.71. The van der Waals surface area contributed by atoms with Crippen molar-refractivity contribution in [3.63, 3.8) is 0 Å². The number of carbonyl (C=O) groups excluding carboxylic acids is 1. The van der Waals surface area contributed by atoms with Gasteiger partial charge in [0, 0.05) is 12.1 Å². The molecule has 3 N–H and O–H groups in total. The molecule has 2 rings (SSSR count). The van der Waals surface area contributed by atoms with Crippen LogP contribution in [0.4, 0.5) is 10.2 Å². The zero-order chi connectivity index (χ0) is 17.0. The van der Waals surface area contributed by atoms with Gasteiger partial charge in [0.1, 0.15) is 0 Å². The van der Waals surface area contributed by atoms with Gasteiger partial charge in [-0.05, 0) is 18.8 Å². The summed E-state index contributed by atoms with van der Waals surface area (Å²) in [6.45, 7) is 8.02. The van der Waals surface area contributed by atoms with Crippen molar-refractivity contribution in [2.45, 2.75) is 39.2 Å². The summed E-state index contributed by atoms with van der Waals surface area (Å²) in [4.78, 5) is 15.2. The van der Waals surface area contributed by atoms with Crippen LogP contribution in [-0.4, -0.2) is 16.9 Å². The van der Waals surface area contributed by atoms with Crippen molar-refractivity contribution in [1.29, 1.82) is 0 Å². The highest BCUT2D eigenvalue weighted by atomic mass is 19.1. The molecule has 0 fully saturated rings. The molecule has 0 aliphatic heterocycles. The number of nitrogens with one attached hydrogen (secondary N) is 1. The number of anilines is 1. The average molecular weight is 319 g/mol. The topological polar surface area (TPSA) is 81.2 Å². The number of halogens is 1. The smallest absolute Gasteiger partial charge is 0.284 e. The number of amides is 1. The van der Waals surface area contributed by atoms with E-state index in [2.05, 4.69) is 30.7 Å². The zero-order valence-corrected chi connectivity index (χ0v) is 13.4. The Hall–Kier alpha value is -2.37. The summed E-state index contributed by atoms with van der Waals surface area (Å²) < 4.78 is 19.8. The van der Waals surface area contributed by atoms with Crippen LogP contribution in [0.3, 0.4) is 0 Å². The van der Waals surface area contributed by atoms with Gasteiger partial charge < -0.3 is 15.5 Å². The first kappa shape index (κ1) is 17.0. The van der Waals surface area contributed by atoms with Crippen LogP contribution in [-0.2, 0) is 0 Å². The van der Waals surface area contributed by atoms with Crippen molar-refractivity contribution in [3.05, 3.63) is 36.5 Å². The molecule has 0 radical (unpaired) electrons. The summed E-state index contributed by atoms with van der Waals surface area (Å²) in [6.07, 6.45) is 5.84. The fourth-order valence-corrected chi connectivity index (χ4v) is 2.46. The minimum Gasteiger partial charge on any atom is -0.449 e. The number of rotatable bonds is 8. The van der Waals surface area contributed by atoms with Gasteiger partial charge in [-0.15, -0.1) is 6.58 Å². The molecule has 2 heterocycles. The molecule has 1 amide bonds. The summed E-state index contributed by atoms with van der Waals surface area (Å²) in [5.41, 5.74) is 5.35. The molecule has 0 aromatic carbocycles. The van der Waals surface area contributed by atoms with E-state index in [0.29, 0.717) is 12.3 Å². The summed E-state index contributed by atoms with van der Waals surface area (Å²) in [5, 5.41) is 3.32. The van der Waals surface area contributed by atoms with Crippen LogP contribution in [0.1, 0.15) is 43.7 Å².